The lowest BCUT2D eigenvalue weighted by Crippen LogP contribution is -2.12. The molecule has 1 aromatic carbocycles. The molecule has 0 fully saturated rings. The molecule has 0 unspecified atom stereocenters. The van der Waals surface area contributed by atoms with Crippen LogP contribution >= 0.6 is 0 Å². The summed E-state index contributed by atoms with van der Waals surface area (Å²) in [5.74, 6) is -0.0109. The summed E-state index contributed by atoms with van der Waals surface area (Å²) in [4.78, 5) is 8.74. The van der Waals surface area contributed by atoms with Crippen LogP contribution in [-0.4, -0.2) is 15.7 Å². The molecule has 3 rings (SSSR count). The predicted molar refractivity (Wildman–Crippen MR) is 100.0 cm³/mol. The standard InChI is InChI=1S/C20H21N4/c1-4-13(2)20(21)18-10-14(3)23-19-11-15(7-8-17(18)19)24-16-6-5-9-22-12-16/h5-13,21,24H,2,4H2,1,3H3/t13-/m0/s1. The van der Waals surface area contributed by atoms with Crippen molar-refractivity contribution in [1.29, 1.82) is 5.41 Å². The second-order valence-electron chi connectivity index (χ2n) is 5.93. The first-order chi connectivity index (χ1) is 11.6. The fourth-order valence-electron chi connectivity index (χ4n) is 2.69. The van der Waals surface area contributed by atoms with Gasteiger partial charge in [-0.05, 0) is 50.6 Å². The molecule has 0 spiro atoms. The first-order valence-corrected chi connectivity index (χ1v) is 8.09. The first-order valence-electron chi connectivity index (χ1n) is 8.09. The van der Waals surface area contributed by atoms with Crippen LogP contribution in [0.3, 0.4) is 0 Å². The van der Waals surface area contributed by atoms with E-state index in [2.05, 4.69) is 29.1 Å². The Kier molecular flexibility index (Phi) is 4.56. The minimum absolute atomic E-state index is 0.0109. The highest BCUT2D eigenvalue weighted by Crippen LogP contribution is 2.26. The number of rotatable bonds is 5. The van der Waals surface area contributed by atoms with E-state index in [1.807, 2.05) is 43.3 Å². The summed E-state index contributed by atoms with van der Waals surface area (Å²) >= 11 is 0. The molecule has 2 N–H and O–H groups in total. The lowest BCUT2D eigenvalue weighted by Gasteiger charge is -2.15. The van der Waals surface area contributed by atoms with Gasteiger partial charge in [-0.1, -0.05) is 13.0 Å². The molecular formula is C20H21N4. The second-order valence-corrected chi connectivity index (χ2v) is 5.93. The number of hydrogen-bond acceptors (Lipinski definition) is 4. The Morgan fingerprint density at radius 3 is 2.79 bits per heavy atom. The van der Waals surface area contributed by atoms with Gasteiger partial charge in [0.25, 0.3) is 0 Å². The van der Waals surface area contributed by atoms with Crippen LogP contribution in [0, 0.1) is 25.2 Å². The second kappa shape index (κ2) is 6.79. The average molecular weight is 317 g/mol. The van der Waals surface area contributed by atoms with Gasteiger partial charge in [-0.3, -0.25) is 9.97 Å². The zero-order chi connectivity index (χ0) is 17.1. The maximum Gasteiger partial charge on any atom is 0.0732 e. The summed E-state index contributed by atoms with van der Waals surface area (Å²) in [5.41, 5.74) is 5.17. The van der Waals surface area contributed by atoms with E-state index in [9.17, 15) is 0 Å². The molecule has 0 aliphatic rings. The predicted octanol–water partition coefficient (Wildman–Crippen LogP) is 4.91. The van der Waals surface area contributed by atoms with Gasteiger partial charge in [-0.25, -0.2) is 0 Å². The molecule has 1 atom stereocenters. The van der Waals surface area contributed by atoms with Gasteiger partial charge in [0.15, 0.2) is 0 Å². The molecule has 121 valence electrons. The van der Waals surface area contributed by atoms with E-state index in [4.69, 9.17) is 5.41 Å². The fraction of sp³-hybridized carbons (Fsp3) is 0.200. The van der Waals surface area contributed by atoms with Gasteiger partial charge in [0.05, 0.1) is 17.4 Å². The summed E-state index contributed by atoms with van der Waals surface area (Å²) < 4.78 is 0. The summed E-state index contributed by atoms with van der Waals surface area (Å²) in [5, 5.41) is 12.8. The maximum absolute atomic E-state index is 8.43. The minimum Gasteiger partial charge on any atom is -0.354 e. The Balaban J connectivity index is 2.03. The molecule has 0 aliphatic carbocycles. The number of aryl methyl sites for hydroxylation is 1. The van der Waals surface area contributed by atoms with E-state index in [1.165, 1.54) is 0 Å². The van der Waals surface area contributed by atoms with E-state index in [0.29, 0.717) is 5.71 Å². The molecule has 0 bridgehead atoms. The third-order valence-electron chi connectivity index (χ3n) is 4.08. The van der Waals surface area contributed by atoms with Gasteiger partial charge in [-0.2, -0.15) is 0 Å². The zero-order valence-corrected chi connectivity index (χ0v) is 14.0. The normalized spacial score (nSPS) is 12.1. The molecule has 0 aliphatic heterocycles. The van der Waals surface area contributed by atoms with Crippen molar-refractivity contribution in [2.75, 3.05) is 5.32 Å². The van der Waals surface area contributed by atoms with Crippen molar-refractivity contribution in [3.63, 3.8) is 0 Å². The Morgan fingerprint density at radius 1 is 1.25 bits per heavy atom. The first kappa shape index (κ1) is 16.1. The van der Waals surface area contributed by atoms with Gasteiger partial charge in [-0.15, -0.1) is 0 Å². The fourth-order valence-corrected chi connectivity index (χ4v) is 2.69. The number of fused-ring (bicyclic) bond motifs is 1. The van der Waals surface area contributed by atoms with Crippen LogP contribution in [0.2, 0.25) is 0 Å². The topological polar surface area (TPSA) is 61.7 Å². The van der Waals surface area contributed by atoms with Crippen molar-refractivity contribution >= 4 is 28.0 Å². The minimum atomic E-state index is -0.0109. The quantitative estimate of drug-likeness (QED) is 0.657. The van der Waals surface area contributed by atoms with Crippen molar-refractivity contribution in [1.82, 2.24) is 9.97 Å². The third kappa shape index (κ3) is 3.27. The van der Waals surface area contributed by atoms with Gasteiger partial charge >= 0.3 is 0 Å². The Hall–Kier alpha value is -2.75. The molecule has 24 heavy (non-hydrogen) atoms. The number of aromatic nitrogens is 2. The SMILES string of the molecule is [CH2][C@@H](CC)C(=N)c1cc(C)nc2cc(Nc3cccnc3)ccc12. The molecule has 2 aromatic heterocycles. The largest absolute Gasteiger partial charge is 0.354 e. The number of nitrogens with zero attached hydrogens (tertiary/aromatic N) is 2. The number of hydrogen-bond donors (Lipinski definition) is 2. The lowest BCUT2D eigenvalue weighted by atomic mass is 9.93. The Morgan fingerprint density at radius 2 is 2.08 bits per heavy atom. The van der Waals surface area contributed by atoms with Crippen molar-refractivity contribution in [2.24, 2.45) is 5.92 Å². The van der Waals surface area contributed by atoms with Gasteiger partial charge < -0.3 is 10.7 Å². The summed E-state index contributed by atoms with van der Waals surface area (Å²) in [6.45, 7) is 8.09. The van der Waals surface area contributed by atoms with Gasteiger partial charge in [0, 0.05) is 40.2 Å². The number of benzene rings is 1. The van der Waals surface area contributed by atoms with Crippen molar-refractivity contribution < 1.29 is 0 Å². The lowest BCUT2D eigenvalue weighted by molar-refractivity contribution is 0.808. The monoisotopic (exact) mass is 317 g/mol. The molecule has 0 saturated heterocycles. The number of pyridine rings is 2. The van der Waals surface area contributed by atoms with Crippen molar-refractivity contribution in [2.45, 2.75) is 20.3 Å². The van der Waals surface area contributed by atoms with E-state index < -0.39 is 0 Å². The van der Waals surface area contributed by atoms with Crippen LogP contribution in [0.1, 0.15) is 24.6 Å². The smallest absolute Gasteiger partial charge is 0.0732 e. The average Bonchev–Trinajstić information content (AvgIpc) is 2.60. The highest BCUT2D eigenvalue weighted by atomic mass is 14.9. The number of anilines is 2. The summed E-state index contributed by atoms with van der Waals surface area (Å²) in [6.07, 6.45) is 4.38. The highest BCUT2D eigenvalue weighted by Gasteiger charge is 2.14. The Bertz CT molecular complexity index is 871. The van der Waals surface area contributed by atoms with Crippen LogP contribution in [0.15, 0.2) is 48.8 Å². The van der Waals surface area contributed by atoms with Crippen LogP contribution in [0.4, 0.5) is 11.4 Å². The Labute approximate surface area is 142 Å². The van der Waals surface area contributed by atoms with Crippen molar-refractivity contribution in [3.05, 3.63) is 67.0 Å². The molecule has 4 heteroatoms. The maximum atomic E-state index is 8.43. The van der Waals surface area contributed by atoms with Crippen LogP contribution in [0.5, 0.6) is 0 Å². The van der Waals surface area contributed by atoms with Crippen LogP contribution in [0.25, 0.3) is 10.9 Å². The molecule has 1 radical (unpaired) electrons. The molecular weight excluding hydrogens is 296 g/mol. The van der Waals surface area contributed by atoms with E-state index in [0.717, 1.165) is 40.0 Å². The summed E-state index contributed by atoms with van der Waals surface area (Å²) in [7, 11) is 0. The van der Waals surface area contributed by atoms with Crippen molar-refractivity contribution in [3.8, 4) is 0 Å². The zero-order valence-electron chi connectivity index (χ0n) is 14.0. The molecule has 4 nitrogen and oxygen atoms in total. The highest BCUT2D eigenvalue weighted by molar-refractivity contribution is 6.10. The van der Waals surface area contributed by atoms with E-state index in [1.54, 1.807) is 12.4 Å². The van der Waals surface area contributed by atoms with Gasteiger partial charge in [0.1, 0.15) is 0 Å². The molecule has 2 heterocycles. The van der Waals surface area contributed by atoms with Crippen LogP contribution in [-0.2, 0) is 0 Å². The molecule has 0 amide bonds. The van der Waals surface area contributed by atoms with E-state index >= 15 is 0 Å². The summed E-state index contributed by atoms with van der Waals surface area (Å²) in [6, 6.07) is 11.9. The van der Waals surface area contributed by atoms with Gasteiger partial charge in [0.2, 0.25) is 0 Å². The van der Waals surface area contributed by atoms with Crippen LogP contribution < -0.4 is 5.32 Å². The number of nitrogens with one attached hydrogen (secondary N) is 2. The third-order valence-corrected chi connectivity index (χ3v) is 4.08. The molecule has 0 saturated carbocycles. The molecule has 3 aromatic rings. The van der Waals surface area contributed by atoms with E-state index in [-0.39, 0.29) is 5.92 Å².